The molecule has 2 aromatic carbocycles. The second kappa shape index (κ2) is 7.03. The maximum atomic E-state index is 11.9. The fourth-order valence-corrected chi connectivity index (χ4v) is 4.19. The fourth-order valence-electron chi connectivity index (χ4n) is 2.54. The van der Waals surface area contributed by atoms with Gasteiger partial charge < -0.3 is 9.47 Å². The van der Waals surface area contributed by atoms with E-state index in [0.29, 0.717) is 0 Å². The number of hydrogen-bond donors (Lipinski definition) is 2. The van der Waals surface area contributed by atoms with Gasteiger partial charge in [-0.2, -0.15) is 16.8 Å². The summed E-state index contributed by atoms with van der Waals surface area (Å²) in [5.74, 6) is -0.261. The second-order valence-corrected chi connectivity index (χ2v) is 8.88. The van der Waals surface area contributed by atoms with Crippen molar-refractivity contribution in [3.05, 3.63) is 24.3 Å². The highest BCUT2D eigenvalue weighted by Crippen LogP contribution is 2.39. The molecule has 0 fully saturated rings. The van der Waals surface area contributed by atoms with E-state index >= 15 is 0 Å². The first-order valence-corrected chi connectivity index (χ1v) is 10.6. The van der Waals surface area contributed by atoms with Gasteiger partial charge in [-0.3, -0.25) is 9.11 Å². The van der Waals surface area contributed by atoms with Crippen molar-refractivity contribution in [1.29, 1.82) is 0 Å². The average Bonchev–Trinajstić information content (AvgIpc) is 2.42. The standard InChI is InChI=1S/C16H20O8S2/c1-9(2)23-13-7-5-12-11(15(13)25(17,18)19)6-8-14(24-10(3)4)16(12)26(20,21)22/h5-10H,1-4H3,(H,17,18,19)(H,20,21,22). The van der Waals surface area contributed by atoms with Gasteiger partial charge in [0.2, 0.25) is 0 Å². The van der Waals surface area contributed by atoms with Gasteiger partial charge in [0.25, 0.3) is 20.2 Å². The third kappa shape index (κ3) is 4.26. The van der Waals surface area contributed by atoms with Crippen LogP contribution >= 0.6 is 0 Å². The molecule has 10 heteroatoms. The van der Waals surface area contributed by atoms with Crippen molar-refractivity contribution in [2.45, 2.75) is 49.7 Å². The molecule has 0 saturated carbocycles. The highest BCUT2D eigenvalue weighted by atomic mass is 32.2. The van der Waals surface area contributed by atoms with Crippen LogP contribution in [0.2, 0.25) is 0 Å². The predicted octanol–water partition coefficient (Wildman–Crippen LogP) is 2.91. The molecule has 0 aromatic heterocycles. The van der Waals surface area contributed by atoms with Crippen LogP contribution in [0, 0.1) is 0 Å². The highest BCUT2D eigenvalue weighted by molar-refractivity contribution is 7.86. The quantitative estimate of drug-likeness (QED) is 0.704. The summed E-state index contributed by atoms with van der Waals surface area (Å²) >= 11 is 0. The van der Waals surface area contributed by atoms with Gasteiger partial charge in [-0.25, -0.2) is 0 Å². The van der Waals surface area contributed by atoms with E-state index in [9.17, 15) is 25.9 Å². The van der Waals surface area contributed by atoms with Gasteiger partial charge in [0.05, 0.1) is 12.2 Å². The third-order valence-electron chi connectivity index (χ3n) is 3.27. The summed E-state index contributed by atoms with van der Waals surface area (Å²) in [6.07, 6.45) is -0.782. The van der Waals surface area contributed by atoms with Crippen LogP contribution in [0.5, 0.6) is 11.5 Å². The monoisotopic (exact) mass is 404 g/mol. The Morgan fingerprint density at radius 2 is 1.00 bits per heavy atom. The summed E-state index contributed by atoms with van der Waals surface area (Å²) < 4.78 is 77.7. The van der Waals surface area contributed by atoms with E-state index in [-0.39, 0.29) is 22.3 Å². The Morgan fingerprint density at radius 3 is 1.23 bits per heavy atom. The van der Waals surface area contributed by atoms with Crippen molar-refractivity contribution in [1.82, 2.24) is 0 Å². The van der Waals surface area contributed by atoms with Crippen LogP contribution in [0.15, 0.2) is 34.1 Å². The minimum Gasteiger partial charge on any atom is -0.490 e. The molecule has 2 aromatic rings. The predicted molar refractivity (Wildman–Crippen MR) is 95.1 cm³/mol. The van der Waals surface area contributed by atoms with Gasteiger partial charge in [-0.15, -0.1) is 0 Å². The number of fused-ring (bicyclic) bond motifs is 1. The van der Waals surface area contributed by atoms with Crippen LogP contribution < -0.4 is 9.47 Å². The molecule has 2 N–H and O–H groups in total. The van der Waals surface area contributed by atoms with E-state index in [0.717, 1.165) is 0 Å². The molecule has 0 aliphatic carbocycles. The Morgan fingerprint density at radius 1 is 0.692 bits per heavy atom. The van der Waals surface area contributed by atoms with E-state index in [4.69, 9.17) is 9.47 Å². The van der Waals surface area contributed by atoms with Crippen molar-refractivity contribution in [3.8, 4) is 11.5 Å². The second-order valence-electron chi connectivity index (χ2n) is 6.16. The molecule has 0 bridgehead atoms. The lowest BCUT2D eigenvalue weighted by Crippen LogP contribution is -2.12. The normalized spacial score (nSPS) is 12.8. The minimum absolute atomic E-state index is 0.116. The Kier molecular flexibility index (Phi) is 5.52. The molecule has 0 spiro atoms. The van der Waals surface area contributed by atoms with Crippen molar-refractivity contribution in [3.63, 3.8) is 0 Å². The van der Waals surface area contributed by atoms with Crippen molar-refractivity contribution in [2.24, 2.45) is 0 Å². The Balaban J connectivity index is 2.98. The highest BCUT2D eigenvalue weighted by Gasteiger charge is 2.27. The molecule has 0 amide bonds. The first-order chi connectivity index (χ1) is 11.8. The zero-order chi connectivity index (χ0) is 19.9. The molecule has 0 aliphatic rings. The van der Waals surface area contributed by atoms with Gasteiger partial charge in [0, 0.05) is 10.8 Å². The molecular weight excluding hydrogens is 384 g/mol. The lowest BCUT2D eigenvalue weighted by atomic mass is 10.1. The lowest BCUT2D eigenvalue weighted by Gasteiger charge is -2.18. The van der Waals surface area contributed by atoms with Crippen LogP contribution in [0.25, 0.3) is 10.8 Å². The maximum Gasteiger partial charge on any atom is 0.298 e. The number of rotatable bonds is 6. The van der Waals surface area contributed by atoms with Crippen molar-refractivity contribution >= 4 is 31.0 Å². The number of ether oxygens (including phenoxy) is 2. The zero-order valence-electron chi connectivity index (χ0n) is 14.6. The Hall–Kier alpha value is -1.88. The fraction of sp³-hybridized carbons (Fsp3) is 0.375. The average molecular weight is 404 g/mol. The minimum atomic E-state index is -4.75. The molecule has 0 unspecified atom stereocenters. The van der Waals surface area contributed by atoms with E-state index in [1.165, 1.54) is 24.3 Å². The molecule has 0 atom stereocenters. The molecule has 8 nitrogen and oxygen atoms in total. The van der Waals surface area contributed by atoms with E-state index in [1.807, 2.05) is 0 Å². The molecule has 0 radical (unpaired) electrons. The van der Waals surface area contributed by atoms with E-state index < -0.39 is 42.2 Å². The van der Waals surface area contributed by atoms with E-state index in [1.54, 1.807) is 27.7 Å². The summed E-state index contributed by atoms with van der Waals surface area (Å²) in [6, 6.07) is 5.02. The largest absolute Gasteiger partial charge is 0.490 e. The summed E-state index contributed by atoms with van der Waals surface area (Å²) in [5, 5.41) is -0.233. The Labute approximate surface area is 152 Å². The number of benzene rings is 2. The SMILES string of the molecule is CC(C)Oc1ccc2c(S(=O)(=O)O)c(OC(C)C)ccc2c1S(=O)(=O)O. The summed E-state index contributed by atoms with van der Waals surface area (Å²) in [5.41, 5.74) is 0. The third-order valence-corrected chi connectivity index (χ3v) is 5.15. The van der Waals surface area contributed by atoms with Crippen LogP contribution in [0.4, 0.5) is 0 Å². The van der Waals surface area contributed by atoms with Crippen LogP contribution in [0.1, 0.15) is 27.7 Å². The number of hydrogen-bond acceptors (Lipinski definition) is 6. The molecule has 0 saturated heterocycles. The van der Waals surface area contributed by atoms with E-state index in [2.05, 4.69) is 0 Å². The van der Waals surface area contributed by atoms with Crippen molar-refractivity contribution in [2.75, 3.05) is 0 Å². The van der Waals surface area contributed by atoms with Crippen LogP contribution in [-0.4, -0.2) is 38.1 Å². The Bertz CT molecular complexity index is 952. The first-order valence-electron chi connectivity index (χ1n) is 7.70. The zero-order valence-corrected chi connectivity index (χ0v) is 16.3. The molecule has 26 heavy (non-hydrogen) atoms. The molecule has 0 heterocycles. The van der Waals surface area contributed by atoms with Gasteiger partial charge >= 0.3 is 0 Å². The summed E-state index contributed by atoms with van der Waals surface area (Å²) in [7, 11) is -9.49. The maximum absolute atomic E-state index is 11.9. The van der Waals surface area contributed by atoms with Crippen LogP contribution in [-0.2, 0) is 20.2 Å². The van der Waals surface area contributed by atoms with Gasteiger partial charge in [-0.1, -0.05) is 0 Å². The first kappa shape index (κ1) is 20.4. The molecular formula is C16H20O8S2. The smallest absolute Gasteiger partial charge is 0.298 e. The van der Waals surface area contributed by atoms with Gasteiger partial charge in [0.15, 0.2) is 0 Å². The summed E-state index contributed by atoms with van der Waals surface area (Å²) in [6.45, 7) is 6.67. The molecule has 2 rings (SSSR count). The lowest BCUT2D eigenvalue weighted by molar-refractivity contribution is 0.234. The van der Waals surface area contributed by atoms with Crippen molar-refractivity contribution < 1.29 is 35.4 Å². The van der Waals surface area contributed by atoms with Crippen LogP contribution in [0.3, 0.4) is 0 Å². The summed E-state index contributed by atoms with van der Waals surface area (Å²) in [4.78, 5) is -1.16. The molecule has 144 valence electrons. The topological polar surface area (TPSA) is 127 Å². The van der Waals surface area contributed by atoms with Gasteiger partial charge in [0.1, 0.15) is 21.3 Å². The molecule has 0 aliphatic heterocycles. The van der Waals surface area contributed by atoms with Gasteiger partial charge in [-0.05, 0) is 52.0 Å².